The van der Waals surface area contributed by atoms with Crippen LogP contribution >= 0.6 is 23.2 Å². The Balaban J connectivity index is 1.20. The number of rotatable bonds is 7. The van der Waals surface area contributed by atoms with Gasteiger partial charge in [-0.3, -0.25) is 0 Å². The molecule has 2 bridgehead atoms. The number of anilines is 1. The summed E-state index contributed by atoms with van der Waals surface area (Å²) < 4.78 is 41.4. The Bertz CT molecular complexity index is 1340. The number of benzene rings is 1. The summed E-state index contributed by atoms with van der Waals surface area (Å²) in [5.74, 6) is -1.46. The molecule has 7 nitrogen and oxygen atoms in total. The minimum absolute atomic E-state index is 0.00746. The van der Waals surface area contributed by atoms with E-state index in [1.807, 2.05) is 4.90 Å². The van der Waals surface area contributed by atoms with E-state index in [9.17, 15) is 9.18 Å². The summed E-state index contributed by atoms with van der Waals surface area (Å²) in [6, 6.07) is 6.09. The Hall–Kier alpha value is -2.75. The van der Waals surface area contributed by atoms with E-state index in [-0.39, 0.29) is 41.8 Å². The van der Waals surface area contributed by atoms with Crippen LogP contribution in [0.3, 0.4) is 0 Å². The van der Waals surface area contributed by atoms with Gasteiger partial charge in [0.1, 0.15) is 5.69 Å². The number of nitrogens with zero attached hydrogens (tertiary/aromatic N) is 3. The zero-order valence-electron chi connectivity index (χ0n) is 18.9. The van der Waals surface area contributed by atoms with Gasteiger partial charge in [-0.25, -0.2) is 18.6 Å². The summed E-state index contributed by atoms with van der Waals surface area (Å²) >= 11 is 12.8. The van der Waals surface area contributed by atoms with Crippen molar-refractivity contribution in [3.63, 3.8) is 0 Å². The third-order valence-electron chi connectivity index (χ3n) is 7.34. The highest BCUT2D eigenvalue weighted by molar-refractivity contribution is 6.39. The molecule has 1 aromatic carbocycles. The van der Waals surface area contributed by atoms with Crippen molar-refractivity contribution < 1.29 is 27.9 Å². The predicted octanol–water partition coefficient (Wildman–Crippen LogP) is 6.02. The van der Waals surface area contributed by atoms with E-state index in [1.54, 1.807) is 18.2 Å². The van der Waals surface area contributed by atoms with Gasteiger partial charge in [-0.1, -0.05) is 34.4 Å². The molecule has 0 spiro atoms. The second-order valence-corrected chi connectivity index (χ2v) is 10.4. The SMILES string of the molecule is O=C(O)c1cnc(N2C[C@@H]3C[C@H]2C[C@H]3OCc2c(-c3c(Cl)cccc3Cl)noc2C2(F)CC2)c(F)c1. The largest absolute Gasteiger partial charge is 0.478 e. The zero-order valence-corrected chi connectivity index (χ0v) is 20.4. The van der Waals surface area contributed by atoms with Crippen LogP contribution < -0.4 is 4.90 Å². The number of alkyl halides is 1. The van der Waals surface area contributed by atoms with E-state index < -0.39 is 17.5 Å². The first-order valence-corrected chi connectivity index (χ1v) is 12.4. The number of fused-ring (bicyclic) bond motifs is 2. The highest BCUT2D eigenvalue weighted by Gasteiger charge is 2.52. The maximum atomic E-state index is 15.1. The van der Waals surface area contributed by atoms with Crippen molar-refractivity contribution in [1.29, 1.82) is 0 Å². The molecule has 1 N–H and O–H groups in total. The first kappa shape index (κ1) is 23.6. The van der Waals surface area contributed by atoms with Gasteiger partial charge in [0.25, 0.3) is 0 Å². The Morgan fingerprint density at radius 3 is 2.64 bits per heavy atom. The number of hydrogen-bond donors (Lipinski definition) is 1. The zero-order chi connectivity index (χ0) is 25.2. The number of carbonyl (C=O) groups is 1. The van der Waals surface area contributed by atoms with E-state index in [0.717, 1.165) is 12.5 Å². The normalized spacial score (nSPS) is 23.9. The molecular formula is C25H21Cl2F2N3O4. The molecule has 0 radical (unpaired) electrons. The highest BCUT2D eigenvalue weighted by atomic mass is 35.5. The summed E-state index contributed by atoms with van der Waals surface area (Å²) in [4.78, 5) is 17.0. The van der Waals surface area contributed by atoms with Gasteiger partial charge in [-0.15, -0.1) is 0 Å². The van der Waals surface area contributed by atoms with Gasteiger partial charge < -0.3 is 19.3 Å². The minimum Gasteiger partial charge on any atom is -0.478 e. The second kappa shape index (κ2) is 8.68. The molecule has 36 heavy (non-hydrogen) atoms. The molecule has 1 saturated heterocycles. The van der Waals surface area contributed by atoms with Gasteiger partial charge in [-0.2, -0.15) is 0 Å². The molecule has 2 saturated carbocycles. The molecule has 3 aromatic rings. The van der Waals surface area contributed by atoms with Gasteiger partial charge >= 0.3 is 5.97 Å². The van der Waals surface area contributed by atoms with Gasteiger partial charge in [0, 0.05) is 30.3 Å². The summed E-state index contributed by atoms with van der Waals surface area (Å²) in [5.41, 5.74) is -0.402. The Kier molecular flexibility index (Phi) is 5.70. The van der Waals surface area contributed by atoms with Crippen LogP contribution in [0.25, 0.3) is 11.3 Å². The maximum Gasteiger partial charge on any atom is 0.337 e. The van der Waals surface area contributed by atoms with Gasteiger partial charge in [-0.05, 0) is 43.9 Å². The number of piperidine rings is 1. The van der Waals surface area contributed by atoms with Gasteiger partial charge in [0.15, 0.2) is 23.1 Å². The van der Waals surface area contributed by atoms with Crippen LogP contribution in [-0.4, -0.2) is 39.9 Å². The lowest BCUT2D eigenvalue weighted by atomic mass is 10.0. The number of carboxylic acid groups (broad SMARTS) is 1. The molecule has 3 heterocycles. The fraction of sp³-hybridized carbons (Fsp3) is 0.400. The van der Waals surface area contributed by atoms with Crippen molar-refractivity contribution >= 4 is 35.0 Å². The van der Waals surface area contributed by atoms with Crippen molar-refractivity contribution in [2.75, 3.05) is 11.4 Å². The average molecular weight is 536 g/mol. The van der Waals surface area contributed by atoms with Crippen LogP contribution in [-0.2, 0) is 17.0 Å². The van der Waals surface area contributed by atoms with Crippen LogP contribution in [0.5, 0.6) is 0 Å². The van der Waals surface area contributed by atoms with Crippen LogP contribution in [0.4, 0.5) is 14.6 Å². The summed E-state index contributed by atoms with van der Waals surface area (Å²) in [7, 11) is 0. The average Bonchev–Trinajstić information content (AvgIpc) is 3.17. The smallest absolute Gasteiger partial charge is 0.337 e. The Morgan fingerprint density at radius 1 is 1.28 bits per heavy atom. The Labute approximate surface area is 214 Å². The summed E-state index contributed by atoms with van der Waals surface area (Å²) in [5, 5.41) is 13.9. The summed E-state index contributed by atoms with van der Waals surface area (Å²) in [6.45, 7) is 0.605. The predicted molar refractivity (Wildman–Crippen MR) is 128 cm³/mol. The molecule has 3 atom stereocenters. The fourth-order valence-electron chi connectivity index (χ4n) is 5.37. The van der Waals surface area contributed by atoms with E-state index in [4.69, 9.17) is 37.6 Å². The monoisotopic (exact) mass is 535 g/mol. The van der Waals surface area contributed by atoms with Crippen LogP contribution in [0.15, 0.2) is 35.0 Å². The lowest BCUT2D eigenvalue weighted by Gasteiger charge is -2.32. The quantitative estimate of drug-likeness (QED) is 0.395. The number of ether oxygens (including phenoxy) is 1. The van der Waals surface area contributed by atoms with Crippen LogP contribution in [0.1, 0.15) is 47.4 Å². The van der Waals surface area contributed by atoms with Crippen molar-refractivity contribution in [3.8, 4) is 11.3 Å². The first-order chi connectivity index (χ1) is 17.2. The third-order valence-corrected chi connectivity index (χ3v) is 7.97. The number of pyridine rings is 1. The van der Waals surface area contributed by atoms with Gasteiger partial charge in [0.2, 0.25) is 0 Å². The topological polar surface area (TPSA) is 88.7 Å². The number of carboxylic acids is 1. The molecule has 2 aromatic heterocycles. The molecular weight excluding hydrogens is 515 g/mol. The molecule has 2 aliphatic carbocycles. The lowest BCUT2D eigenvalue weighted by molar-refractivity contribution is 0.0113. The van der Waals surface area contributed by atoms with Crippen molar-refractivity contribution in [1.82, 2.24) is 10.1 Å². The second-order valence-electron chi connectivity index (χ2n) is 9.62. The van der Waals surface area contributed by atoms with Crippen LogP contribution in [0, 0.1) is 11.7 Å². The molecule has 1 aliphatic heterocycles. The first-order valence-electron chi connectivity index (χ1n) is 11.6. The van der Waals surface area contributed by atoms with Crippen molar-refractivity contribution in [2.24, 2.45) is 5.92 Å². The standard InChI is InChI=1S/C25H21Cl2F2N3O4/c26-16-2-1-3-17(27)20(16)21-15(22(36-31-21)25(29)4-5-25)11-35-19-8-14-6-13(19)10-32(14)23-18(28)7-12(9-30-23)24(33)34/h1-3,7,9,13-14,19H,4-6,8,10-11H2,(H,33,34)/t13-,14-,19+/m0/s1. The lowest BCUT2D eigenvalue weighted by Crippen LogP contribution is -2.39. The van der Waals surface area contributed by atoms with Crippen molar-refractivity contribution in [3.05, 3.63) is 63.2 Å². The van der Waals surface area contributed by atoms with Crippen LogP contribution in [0.2, 0.25) is 10.0 Å². The third kappa shape index (κ3) is 3.93. The fourth-order valence-corrected chi connectivity index (χ4v) is 5.95. The number of aromatic nitrogens is 2. The van der Waals surface area contributed by atoms with E-state index in [2.05, 4.69) is 10.1 Å². The van der Waals surface area contributed by atoms with Gasteiger partial charge in [0.05, 0.1) is 33.9 Å². The summed E-state index contributed by atoms with van der Waals surface area (Å²) in [6.07, 6.45) is 3.18. The van der Waals surface area contributed by atoms with E-state index in [0.29, 0.717) is 52.7 Å². The number of hydrogen-bond acceptors (Lipinski definition) is 6. The molecule has 6 rings (SSSR count). The molecule has 188 valence electrons. The van der Waals surface area contributed by atoms with E-state index >= 15 is 4.39 Å². The highest BCUT2D eigenvalue weighted by Crippen LogP contribution is 2.53. The molecule has 0 amide bonds. The number of aromatic carboxylic acids is 1. The molecule has 0 unspecified atom stereocenters. The molecule has 3 fully saturated rings. The van der Waals surface area contributed by atoms with E-state index in [1.165, 1.54) is 6.20 Å². The molecule has 3 aliphatic rings. The Morgan fingerprint density at radius 2 is 2.03 bits per heavy atom. The van der Waals surface area contributed by atoms with Crippen molar-refractivity contribution in [2.45, 2.75) is 50.1 Å². The molecule has 11 heteroatoms. The maximum absolute atomic E-state index is 15.1. The minimum atomic E-state index is -1.56. The number of halogens is 4.